The van der Waals surface area contributed by atoms with E-state index in [-0.39, 0.29) is 0 Å². The minimum absolute atomic E-state index is 0.789. The molecule has 0 aromatic heterocycles. The highest BCUT2D eigenvalue weighted by Crippen LogP contribution is 2.26. The first-order chi connectivity index (χ1) is 12.4. The maximum atomic E-state index is 6.00. The van der Waals surface area contributed by atoms with Crippen molar-refractivity contribution in [2.75, 3.05) is 39.3 Å². The molecule has 25 heavy (non-hydrogen) atoms. The highest BCUT2D eigenvalue weighted by atomic mass is 16.5. The molecule has 0 N–H and O–H groups in total. The number of benzene rings is 2. The molecule has 0 radical (unpaired) electrons. The van der Waals surface area contributed by atoms with Gasteiger partial charge in [0.05, 0.1) is 0 Å². The highest BCUT2D eigenvalue weighted by molar-refractivity contribution is 5.38. The Kier molecular flexibility index (Phi) is 5.34. The maximum Gasteiger partial charge on any atom is 0.119 e. The first-order valence-electron chi connectivity index (χ1n) is 9.60. The molecule has 1 heterocycles. The predicted octanol–water partition coefficient (Wildman–Crippen LogP) is 3.37. The van der Waals surface area contributed by atoms with Crippen molar-refractivity contribution in [3.05, 3.63) is 65.2 Å². The molecule has 3 heteroatoms. The van der Waals surface area contributed by atoms with Crippen molar-refractivity contribution in [1.29, 1.82) is 0 Å². The quantitative estimate of drug-likeness (QED) is 0.804. The molecule has 2 aromatic rings. The van der Waals surface area contributed by atoms with E-state index < -0.39 is 0 Å². The average Bonchev–Trinajstić information content (AvgIpc) is 3.12. The molecule has 0 saturated carbocycles. The van der Waals surface area contributed by atoms with Gasteiger partial charge in [0.25, 0.3) is 0 Å². The number of fused-ring (bicyclic) bond motifs is 1. The fraction of sp³-hybridized carbons (Fsp3) is 0.455. The summed E-state index contributed by atoms with van der Waals surface area (Å²) in [4.78, 5) is 5.07. The largest absolute Gasteiger partial charge is 0.492 e. The summed E-state index contributed by atoms with van der Waals surface area (Å²) >= 11 is 0. The number of hydrogen-bond acceptors (Lipinski definition) is 3. The minimum Gasteiger partial charge on any atom is -0.492 e. The smallest absolute Gasteiger partial charge is 0.119 e. The van der Waals surface area contributed by atoms with Gasteiger partial charge in [0.15, 0.2) is 0 Å². The van der Waals surface area contributed by atoms with E-state index in [0.29, 0.717) is 0 Å². The Morgan fingerprint density at radius 2 is 1.56 bits per heavy atom. The summed E-state index contributed by atoms with van der Waals surface area (Å²) in [6.07, 6.45) is 3.75. The molecule has 0 amide bonds. The zero-order chi connectivity index (χ0) is 16.9. The first kappa shape index (κ1) is 16.6. The van der Waals surface area contributed by atoms with Gasteiger partial charge in [-0.25, -0.2) is 0 Å². The lowest BCUT2D eigenvalue weighted by Crippen LogP contribution is -2.47. The summed E-state index contributed by atoms with van der Waals surface area (Å²) < 4.78 is 6.00. The summed E-state index contributed by atoms with van der Waals surface area (Å²) in [6, 6.07) is 17.4. The van der Waals surface area contributed by atoms with Crippen LogP contribution in [0.4, 0.5) is 0 Å². The molecular weight excluding hydrogens is 308 g/mol. The number of aryl methyl sites for hydroxylation is 2. The van der Waals surface area contributed by atoms with Crippen molar-refractivity contribution in [2.45, 2.75) is 25.8 Å². The molecule has 1 saturated heterocycles. The topological polar surface area (TPSA) is 15.7 Å². The first-order valence-corrected chi connectivity index (χ1v) is 9.60. The Bertz CT molecular complexity index is 678. The Morgan fingerprint density at radius 1 is 0.800 bits per heavy atom. The van der Waals surface area contributed by atoms with Gasteiger partial charge in [-0.2, -0.15) is 0 Å². The molecule has 1 aliphatic carbocycles. The van der Waals surface area contributed by atoms with Crippen molar-refractivity contribution in [2.24, 2.45) is 0 Å². The number of nitrogens with zero attached hydrogens (tertiary/aromatic N) is 2. The van der Waals surface area contributed by atoms with Crippen molar-refractivity contribution in [3.8, 4) is 5.75 Å². The molecule has 4 rings (SSSR count). The van der Waals surface area contributed by atoms with E-state index in [0.717, 1.165) is 51.6 Å². The van der Waals surface area contributed by atoms with E-state index in [1.54, 1.807) is 0 Å². The molecule has 0 spiro atoms. The molecule has 3 nitrogen and oxygen atoms in total. The summed E-state index contributed by atoms with van der Waals surface area (Å²) in [5.74, 6) is 1.04. The third-order valence-electron chi connectivity index (χ3n) is 5.46. The van der Waals surface area contributed by atoms with Gasteiger partial charge in [0.1, 0.15) is 12.4 Å². The maximum absolute atomic E-state index is 6.00. The Balaban J connectivity index is 1.18. The Labute approximate surface area is 151 Å². The van der Waals surface area contributed by atoms with Crippen molar-refractivity contribution in [3.63, 3.8) is 0 Å². The molecule has 1 fully saturated rings. The number of rotatable bonds is 6. The van der Waals surface area contributed by atoms with E-state index in [2.05, 4.69) is 58.3 Å². The van der Waals surface area contributed by atoms with Crippen molar-refractivity contribution < 1.29 is 4.74 Å². The fourth-order valence-electron chi connectivity index (χ4n) is 3.94. The van der Waals surface area contributed by atoms with E-state index in [1.165, 1.54) is 36.0 Å². The molecule has 0 bridgehead atoms. The van der Waals surface area contributed by atoms with Crippen molar-refractivity contribution in [1.82, 2.24) is 9.80 Å². The molecule has 2 aromatic carbocycles. The Morgan fingerprint density at radius 3 is 2.40 bits per heavy atom. The van der Waals surface area contributed by atoms with Gasteiger partial charge >= 0.3 is 0 Å². The lowest BCUT2D eigenvalue weighted by Gasteiger charge is -2.34. The second-order valence-electron chi connectivity index (χ2n) is 7.24. The lowest BCUT2D eigenvalue weighted by molar-refractivity contribution is 0.112. The van der Waals surface area contributed by atoms with Gasteiger partial charge in [-0.1, -0.05) is 36.4 Å². The minimum atomic E-state index is 0.789. The zero-order valence-corrected chi connectivity index (χ0v) is 15.0. The van der Waals surface area contributed by atoms with Gasteiger partial charge in [-0.3, -0.25) is 9.80 Å². The van der Waals surface area contributed by atoms with E-state index in [9.17, 15) is 0 Å². The number of ether oxygens (including phenoxy) is 1. The number of piperazine rings is 1. The molecule has 1 aliphatic heterocycles. The van der Waals surface area contributed by atoms with Crippen LogP contribution in [0.2, 0.25) is 0 Å². The second-order valence-corrected chi connectivity index (χ2v) is 7.24. The highest BCUT2D eigenvalue weighted by Gasteiger charge is 2.17. The van der Waals surface area contributed by atoms with Crippen molar-refractivity contribution >= 4 is 0 Å². The molecule has 0 atom stereocenters. The van der Waals surface area contributed by atoms with Crippen LogP contribution in [-0.4, -0.2) is 49.1 Å². The monoisotopic (exact) mass is 336 g/mol. The van der Waals surface area contributed by atoms with Crippen LogP contribution >= 0.6 is 0 Å². The van der Waals surface area contributed by atoms with Crippen LogP contribution in [0.3, 0.4) is 0 Å². The van der Waals surface area contributed by atoms with Gasteiger partial charge in [0, 0.05) is 39.3 Å². The van der Waals surface area contributed by atoms with Gasteiger partial charge < -0.3 is 4.74 Å². The summed E-state index contributed by atoms with van der Waals surface area (Å²) in [6.45, 7) is 7.45. The Hall–Kier alpha value is -1.84. The van der Waals surface area contributed by atoms with E-state index >= 15 is 0 Å². The average molecular weight is 336 g/mol. The van der Waals surface area contributed by atoms with Crippen LogP contribution in [0.25, 0.3) is 0 Å². The van der Waals surface area contributed by atoms with Gasteiger partial charge in [0.2, 0.25) is 0 Å². The summed E-state index contributed by atoms with van der Waals surface area (Å²) in [5.41, 5.74) is 4.42. The van der Waals surface area contributed by atoms with Crippen LogP contribution in [0.15, 0.2) is 48.5 Å². The van der Waals surface area contributed by atoms with Crippen LogP contribution < -0.4 is 4.74 Å². The van der Waals surface area contributed by atoms with Crippen LogP contribution in [0, 0.1) is 0 Å². The van der Waals surface area contributed by atoms with Gasteiger partial charge in [-0.15, -0.1) is 0 Å². The lowest BCUT2D eigenvalue weighted by atomic mass is 10.1. The second kappa shape index (κ2) is 8.03. The summed E-state index contributed by atoms with van der Waals surface area (Å²) in [7, 11) is 0. The van der Waals surface area contributed by atoms with Crippen LogP contribution in [-0.2, 0) is 19.4 Å². The third kappa shape index (κ3) is 4.42. The normalized spacial score (nSPS) is 18.2. The van der Waals surface area contributed by atoms with Crippen LogP contribution in [0.5, 0.6) is 5.75 Å². The van der Waals surface area contributed by atoms with Crippen LogP contribution in [0.1, 0.15) is 23.1 Å². The third-order valence-corrected chi connectivity index (χ3v) is 5.46. The van der Waals surface area contributed by atoms with E-state index in [4.69, 9.17) is 4.74 Å². The molecule has 0 unspecified atom stereocenters. The SMILES string of the molecule is c1ccc(CN2CCN(CCOc3ccc4c(c3)CCC4)CC2)cc1. The standard InChI is InChI=1S/C22H28N2O/c1-2-5-19(6-3-1)18-24-13-11-23(12-14-24)15-16-25-22-10-9-20-7-4-8-21(20)17-22/h1-3,5-6,9-10,17H,4,7-8,11-16,18H2. The van der Waals surface area contributed by atoms with Gasteiger partial charge in [-0.05, 0) is 48.1 Å². The fourth-order valence-corrected chi connectivity index (χ4v) is 3.94. The molecule has 132 valence electrons. The molecule has 2 aliphatic rings. The number of hydrogen-bond donors (Lipinski definition) is 0. The molecular formula is C22H28N2O. The summed E-state index contributed by atoms with van der Waals surface area (Å²) in [5, 5.41) is 0. The van der Waals surface area contributed by atoms with E-state index in [1.807, 2.05) is 0 Å². The predicted molar refractivity (Wildman–Crippen MR) is 102 cm³/mol. The zero-order valence-electron chi connectivity index (χ0n) is 15.0.